The Morgan fingerprint density at radius 2 is 1.73 bits per heavy atom. The predicted octanol–water partition coefficient (Wildman–Crippen LogP) is 2.18. The molecule has 1 nitrogen and oxygen atoms in total. The van der Waals surface area contributed by atoms with Crippen molar-refractivity contribution in [3.63, 3.8) is 0 Å². The molecule has 1 rings (SSSR count). The van der Waals surface area contributed by atoms with Gasteiger partial charge in [0, 0.05) is 11.3 Å². The Balaban J connectivity index is 2.43. The lowest BCUT2D eigenvalue weighted by atomic mass is 10.0. The van der Waals surface area contributed by atoms with Crippen LogP contribution in [0.2, 0.25) is 0 Å². The van der Waals surface area contributed by atoms with Gasteiger partial charge in [0.2, 0.25) is 0 Å². The van der Waals surface area contributed by atoms with E-state index in [-0.39, 0.29) is 0 Å². The number of piperidine rings is 1. The minimum atomic E-state index is 0.309. The fourth-order valence-corrected chi connectivity index (χ4v) is 1.80. The van der Waals surface area contributed by atoms with Gasteiger partial charge in [-0.2, -0.15) is 12.6 Å². The molecule has 66 valence electrons. The van der Waals surface area contributed by atoms with E-state index >= 15 is 0 Å². The van der Waals surface area contributed by atoms with Crippen LogP contribution in [-0.4, -0.2) is 29.3 Å². The molecule has 1 saturated heterocycles. The zero-order valence-corrected chi connectivity index (χ0v) is 8.53. The summed E-state index contributed by atoms with van der Waals surface area (Å²) in [6.45, 7) is 7.11. The molecule has 0 N–H and O–H groups in total. The highest BCUT2D eigenvalue weighted by atomic mass is 32.1. The maximum absolute atomic E-state index is 4.37. The second-order valence-electron chi connectivity index (χ2n) is 4.02. The molecule has 1 heterocycles. The average Bonchev–Trinajstić information content (AvgIpc) is 2.06. The van der Waals surface area contributed by atoms with E-state index in [1.165, 1.54) is 32.4 Å². The molecule has 0 atom stereocenters. The molecule has 0 unspecified atom stereocenters. The van der Waals surface area contributed by atoms with Crippen molar-refractivity contribution in [1.29, 1.82) is 0 Å². The lowest BCUT2D eigenvalue weighted by Gasteiger charge is -2.40. The van der Waals surface area contributed by atoms with Gasteiger partial charge in [0.25, 0.3) is 0 Å². The van der Waals surface area contributed by atoms with Gasteiger partial charge in [-0.1, -0.05) is 6.42 Å². The van der Waals surface area contributed by atoms with Crippen LogP contribution in [0.15, 0.2) is 0 Å². The Kier molecular flexibility index (Phi) is 3.26. The van der Waals surface area contributed by atoms with Crippen LogP contribution in [0, 0.1) is 0 Å². The number of nitrogens with zero attached hydrogens (tertiary/aromatic N) is 1. The van der Waals surface area contributed by atoms with E-state index < -0.39 is 0 Å². The first kappa shape index (κ1) is 9.40. The third kappa shape index (κ3) is 2.38. The second-order valence-corrected chi connectivity index (χ2v) is 4.33. The van der Waals surface area contributed by atoms with E-state index in [2.05, 4.69) is 31.4 Å². The normalized spacial score (nSPS) is 22.1. The van der Waals surface area contributed by atoms with Crippen molar-refractivity contribution in [1.82, 2.24) is 4.90 Å². The lowest BCUT2D eigenvalue weighted by molar-refractivity contribution is 0.115. The summed E-state index contributed by atoms with van der Waals surface area (Å²) in [7, 11) is 0. The molecule has 0 aromatic heterocycles. The van der Waals surface area contributed by atoms with Crippen LogP contribution in [0.4, 0.5) is 0 Å². The fourth-order valence-electron chi connectivity index (χ4n) is 1.60. The van der Waals surface area contributed by atoms with Gasteiger partial charge < -0.3 is 0 Å². The monoisotopic (exact) mass is 173 g/mol. The van der Waals surface area contributed by atoms with Crippen molar-refractivity contribution >= 4 is 12.6 Å². The number of likely N-dealkylation sites (tertiary alicyclic amines) is 1. The maximum atomic E-state index is 4.37. The zero-order valence-electron chi connectivity index (χ0n) is 7.64. The van der Waals surface area contributed by atoms with Crippen LogP contribution in [-0.2, 0) is 0 Å². The Hall–Kier alpha value is 0.310. The minimum Gasteiger partial charge on any atom is -0.297 e. The number of rotatable bonds is 2. The SMILES string of the molecule is CC(C)(CS)N1CCCCC1. The van der Waals surface area contributed by atoms with Crippen molar-refractivity contribution in [2.45, 2.75) is 38.6 Å². The summed E-state index contributed by atoms with van der Waals surface area (Å²) in [5.41, 5.74) is 0.309. The molecule has 1 aliphatic rings. The first-order chi connectivity index (χ1) is 5.17. The lowest BCUT2D eigenvalue weighted by Crippen LogP contribution is -2.47. The van der Waals surface area contributed by atoms with Crippen LogP contribution in [0.25, 0.3) is 0 Å². The van der Waals surface area contributed by atoms with E-state index in [9.17, 15) is 0 Å². The largest absolute Gasteiger partial charge is 0.297 e. The fraction of sp³-hybridized carbons (Fsp3) is 1.00. The summed E-state index contributed by atoms with van der Waals surface area (Å²) in [4.78, 5) is 2.56. The molecule has 0 bridgehead atoms. The summed E-state index contributed by atoms with van der Waals surface area (Å²) in [6, 6.07) is 0. The molecule has 0 spiro atoms. The van der Waals surface area contributed by atoms with Crippen LogP contribution < -0.4 is 0 Å². The summed E-state index contributed by atoms with van der Waals surface area (Å²) >= 11 is 4.37. The molecule has 0 aromatic carbocycles. The van der Waals surface area contributed by atoms with E-state index in [4.69, 9.17) is 0 Å². The Morgan fingerprint density at radius 1 is 1.18 bits per heavy atom. The topological polar surface area (TPSA) is 3.24 Å². The first-order valence-electron chi connectivity index (χ1n) is 4.53. The predicted molar refractivity (Wildman–Crippen MR) is 53.4 cm³/mol. The molecule has 11 heavy (non-hydrogen) atoms. The van der Waals surface area contributed by atoms with Crippen molar-refractivity contribution < 1.29 is 0 Å². The zero-order chi connectivity index (χ0) is 8.32. The second kappa shape index (κ2) is 3.81. The average molecular weight is 173 g/mol. The smallest absolute Gasteiger partial charge is 0.0241 e. The molecule has 0 saturated carbocycles. The number of hydrogen-bond donors (Lipinski definition) is 1. The van der Waals surface area contributed by atoms with Gasteiger partial charge in [-0.05, 0) is 39.8 Å². The summed E-state index contributed by atoms with van der Waals surface area (Å²) in [5, 5.41) is 0. The van der Waals surface area contributed by atoms with Crippen LogP contribution in [0.3, 0.4) is 0 Å². The number of thiol groups is 1. The van der Waals surface area contributed by atoms with Crippen LogP contribution in [0.5, 0.6) is 0 Å². The third-order valence-electron chi connectivity index (χ3n) is 2.60. The van der Waals surface area contributed by atoms with Gasteiger partial charge >= 0.3 is 0 Å². The van der Waals surface area contributed by atoms with Gasteiger partial charge in [-0.15, -0.1) is 0 Å². The molecular weight excluding hydrogens is 154 g/mol. The molecule has 0 radical (unpaired) electrons. The van der Waals surface area contributed by atoms with Crippen LogP contribution >= 0.6 is 12.6 Å². The van der Waals surface area contributed by atoms with Gasteiger partial charge in [0.1, 0.15) is 0 Å². The van der Waals surface area contributed by atoms with Crippen molar-refractivity contribution in [3.05, 3.63) is 0 Å². The van der Waals surface area contributed by atoms with Gasteiger partial charge in [-0.25, -0.2) is 0 Å². The Labute approximate surface area is 75.6 Å². The molecule has 1 fully saturated rings. The maximum Gasteiger partial charge on any atom is 0.0241 e. The molecule has 0 aromatic rings. The molecule has 0 amide bonds. The van der Waals surface area contributed by atoms with Gasteiger partial charge in [0.15, 0.2) is 0 Å². The van der Waals surface area contributed by atoms with E-state index in [1.807, 2.05) is 0 Å². The summed E-state index contributed by atoms with van der Waals surface area (Å²) in [5.74, 6) is 0.965. The van der Waals surface area contributed by atoms with E-state index in [0.29, 0.717) is 5.54 Å². The Morgan fingerprint density at radius 3 is 2.18 bits per heavy atom. The quantitative estimate of drug-likeness (QED) is 0.626. The van der Waals surface area contributed by atoms with Crippen molar-refractivity contribution in [3.8, 4) is 0 Å². The Bertz CT molecular complexity index is 117. The van der Waals surface area contributed by atoms with Gasteiger partial charge in [-0.3, -0.25) is 4.90 Å². The van der Waals surface area contributed by atoms with Crippen molar-refractivity contribution in [2.24, 2.45) is 0 Å². The highest BCUT2D eigenvalue weighted by Crippen LogP contribution is 2.21. The highest BCUT2D eigenvalue weighted by Gasteiger charge is 2.25. The molecule has 1 aliphatic heterocycles. The number of hydrogen-bond acceptors (Lipinski definition) is 2. The highest BCUT2D eigenvalue weighted by molar-refractivity contribution is 7.80. The van der Waals surface area contributed by atoms with Gasteiger partial charge in [0.05, 0.1) is 0 Å². The van der Waals surface area contributed by atoms with E-state index in [1.54, 1.807) is 0 Å². The summed E-state index contributed by atoms with van der Waals surface area (Å²) in [6.07, 6.45) is 4.16. The van der Waals surface area contributed by atoms with Crippen LogP contribution in [0.1, 0.15) is 33.1 Å². The minimum absolute atomic E-state index is 0.309. The third-order valence-corrected chi connectivity index (χ3v) is 3.37. The standard InChI is InChI=1S/C9H19NS/c1-9(2,8-11)10-6-4-3-5-7-10/h11H,3-8H2,1-2H3. The summed E-state index contributed by atoms with van der Waals surface area (Å²) < 4.78 is 0. The molecule has 0 aliphatic carbocycles. The van der Waals surface area contributed by atoms with E-state index in [0.717, 1.165) is 5.75 Å². The molecular formula is C9H19NS. The first-order valence-corrected chi connectivity index (χ1v) is 5.16. The molecule has 2 heteroatoms. The van der Waals surface area contributed by atoms with Crippen molar-refractivity contribution in [2.75, 3.05) is 18.8 Å².